The largest absolute Gasteiger partial charge is 0.380 e. The van der Waals surface area contributed by atoms with Gasteiger partial charge in [0.05, 0.1) is 26.4 Å². The van der Waals surface area contributed by atoms with E-state index < -0.39 is 0 Å². The molecular weight excluding hydrogens is 216 g/mol. The molecule has 4 nitrogen and oxygen atoms in total. The second-order valence-electron chi connectivity index (χ2n) is 6.23. The maximum atomic E-state index is 6.06. The van der Waals surface area contributed by atoms with Gasteiger partial charge in [0.2, 0.25) is 0 Å². The van der Waals surface area contributed by atoms with Gasteiger partial charge in [-0.25, -0.2) is 0 Å². The van der Waals surface area contributed by atoms with Gasteiger partial charge in [0.25, 0.3) is 0 Å². The normalized spacial score (nSPS) is 36.0. The molecule has 2 N–H and O–H groups in total. The van der Waals surface area contributed by atoms with E-state index >= 15 is 0 Å². The molecule has 3 aliphatic heterocycles. The van der Waals surface area contributed by atoms with Crippen LogP contribution < -0.4 is 5.73 Å². The zero-order chi connectivity index (χ0) is 11.9. The van der Waals surface area contributed by atoms with E-state index in [1.807, 2.05) is 0 Å². The van der Waals surface area contributed by atoms with Crippen LogP contribution in [0.25, 0.3) is 0 Å². The molecule has 3 aliphatic rings. The predicted octanol–water partition coefficient (Wildman–Crippen LogP) is 0.320. The van der Waals surface area contributed by atoms with Gasteiger partial charge in [-0.05, 0) is 32.4 Å². The third-order valence-electron chi connectivity index (χ3n) is 5.33. The van der Waals surface area contributed by atoms with E-state index in [4.69, 9.17) is 15.2 Å². The number of rotatable bonds is 3. The monoisotopic (exact) mass is 240 g/mol. The Hall–Kier alpha value is -0.160. The van der Waals surface area contributed by atoms with Crippen LogP contribution in [0.4, 0.5) is 0 Å². The molecule has 0 aromatic rings. The minimum atomic E-state index is 0.202. The molecule has 0 radical (unpaired) electrons. The molecule has 1 atom stereocenters. The van der Waals surface area contributed by atoms with E-state index in [1.165, 1.54) is 25.9 Å². The van der Waals surface area contributed by atoms with Gasteiger partial charge in [-0.1, -0.05) is 0 Å². The fraction of sp³-hybridized carbons (Fsp3) is 1.00. The molecule has 17 heavy (non-hydrogen) atoms. The van der Waals surface area contributed by atoms with Crippen molar-refractivity contribution in [2.24, 2.45) is 22.5 Å². The molecule has 1 unspecified atom stereocenters. The van der Waals surface area contributed by atoms with Crippen LogP contribution in [0.5, 0.6) is 0 Å². The maximum Gasteiger partial charge on any atom is 0.0564 e. The Balaban J connectivity index is 1.81. The summed E-state index contributed by atoms with van der Waals surface area (Å²) < 4.78 is 11.1. The van der Waals surface area contributed by atoms with Crippen molar-refractivity contribution in [3.63, 3.8) is 0 Å². The number of likely N-dealkylation sites (tertiary alicyclic amines) is 1. The summed E-state index contributed by atoms with van der Waals surface area (Å²) in [5, 5.41) is 0. The van der Waals surface area contributed by atoms with Crippen molar-refractivity contribution in [3.8, 4) is 0 Å². The Labute approximate surface area is 103 Å². The van der Waals surface area contributed by atoms with Crippen molar-refractivity contribution in [2.45, 2.75) is 12.8 Å². The highest BCUT2D eigenvalue weighted by Crippen LogP contribution is 2.55. The highest BCUT2D eigenvalue weighted by atomic mass is 16.5. The molecule has 0 aliphatic carbocycles. The number of nitrogens with two attached hydrogens (primary N) is 1. The molecule has 0 amide bonds. The van der Waals surface area contributed by atoms with Crippen LogP contribution in [0.1, 0.15) is 12.8 Å². The van der Waals surface area contributed by atoms with Crippen molar-refractivity contribution in [3.05, 3.63) is 0 Å². The van der Waals surface area contributed by atoms with Crippen molar-refractivity contribution in [1.29, 1.82) is 0 Å². The lowest BCUT2D eigenvalue weighted by atomic mass is 9.53. The standard InChI is InChI=1S/C13H24N2O2/c1-15-4-2-3-11(5-15)13(9-17-10-13)12(6-14)7-16-8-12/h11H,2-10,14H2,1H3. The van der Waals surface area contributed by atoms with E-state index in [2.05, 4.69) is 11.9 Å². The van der Waals surface area contributed by atoms with E-state index in [9.17, 15) is 0 Å². The van der Waals surface area contributed by atoms with Crippen LogP contribution in [-0.4, -0.2) is 58.0 Å². The molecule has 3 heterocycles. The number of ether oxygens (including phenoxy) is 2. The first-order valence-electron chi connectivity index (χ1n) is 6.77. The molecule has 0 saturated carbocycles. The van der Waals surface area contributed by atoms with Gasteiger partial charge >= 0.3 is 0 Å². The van der Waals surface area contributed by atoms with E-state index in [0.717, 1.165) is 38.9 Å². The third-order valence-corrected chi connectivity index (χ3v) is 5.33. The molecule has 98 valence electrons. The van der Waals surface area contributed by atoms with Crippen molar-refractivity contribution in [2.75, 3.05) is 53.1 Å². The molecule has 0 spiro atoms. The minimum Gasteiger partial charge on any atom is -0.380 e. The van der Waals surface area contributed by atoms with Gasteiger partial charge in [0, 0.05) is 23.9 Å². The summed E-state index contributed by atoms with van der Waals surface area (Å²) in [7, 11) is 2.23. The van der Waals surface area contributed by atoms with E-state index in [-0.39, 0.29) is 5.41 Å². The molecule has 3 saturated heterocycles. The lowest BCUT2D eigenvalue weighted by molar-refractivity contribution is -0.289. The van der Waals surface area contributed by atoms with Gasteiger partial charge in [0.15, 0.2) is 0 Å². The Morgan fingerprint density at radius 2 is 1.94 bits per heavy atom. The van der Waals surface area contributed by atoms with E-state index in [1.54, 1.807) is 0 Å². The summed E-state index contributed by atoms with van der Waals surface area (Å²) in [6.07, 6.45) is 2.64. The molecule has 0 aromatic carbocycles. The van der Waals surface area contributed by atoms with Crippen molar-refractivity contribution >= 4 is 0 Å². The van der Waals surface area contributed by atoms with Crippen LogP contribution >= 0.6 is 0 Å². The van der Waals surface area contributed by atoms with Crippen LogP contribution in [-0.2, 0) is 9.47 Å². The lowest BCUT2D eigenvalue weighted by Gasteiger charge is -2.63. The van der Waals surface area contributed by atoms with Crippen LogP contribution in [0.3, 0.4) is 0 Å². The van der Waals surface area contributed by atoms with Crippen molar-refractivity contribution in [1.82, 2.24) is 4.90 Å². The SMILES string of the molecule is CN1CCCC(C2(C3(CN)COC3)COC2)C1. The predicted molar refractivity (Wildman–Crippen MR) is 65.8 cm³/mol. The Morgan fingerprint density at radius 1 is 1.24 bits per heavy atom. The number of hydrogen-bond acceptors (Lipinski definition) is 4. The van der Waals surface area contributed by atoms with Gasteiger partial charge in [-0.2, -0.15) is 0 Å². The van der Waals surface area contributed by atoms with Crippen LogP contribution in [0.2, 0.25) is 0 Å². The highest BCUT2D eigenvalue weighted by Gasteiger charge is 2.62. The minimum absolute atomic E-state index is 0.202. The maximum absolute atomic E-state index is 6.06. The average Bonchev–Trinajstić information content (AvgIpc) is 2.20. The quantitative estimate of drug-likeness (QED) is 0.772. The molecule has 3 fully saturated rings. The first-order valence-corrected chi connectivity index (χ1v) is 6.77. The third kappa shape index (κ3) is 1.58. The van der Waals surface area contributed by atoms with Gasteiger partial charge in [0.1, 0.15) is 0 Å². The number of nitrogens with zero attached hydrogens (tertiary/aromatic N) is 1. The molecule has 3 rings (SSSR count). The summed E-state index contributed by atoms with van der Waals surface area (Å²) in [5.41, 5.74) is 6.56. The fourth-order valence-electron chi connectivity index (χ4n) is 3.87. The Kier molecular flexibility index (Phi) is 2.94. The van der Waals surface area contributed by atoms with Gasteiger partial charge in [-0.3, -0.25) is 0 Å². The number of hydrogen-bond donors (Lipinski definition) is 1. The zero-order valence-corrected chi connectivity index (χ0v) is 10.8. The summed E-state index contributed by atoms with van der Waals surface area (Å²) in [4.78, 5) is 2.46. The first kappa shape index (κ1) is 11.9. The molecular formula is C13H24N2O2. The first-order chi connectivity index (χ1) is 8.22. The fourth-order valence-corrected chi connectivity index (χ4v) is 3.87. The summed E-state index contributed by atoms with van der Waals surface area (Å²) in [6.45, 7) is 6.65. The van der Waals surface area contributed by atoms with E-state index in [0.29, 0.717) is 5.41 Å². The second kappa shape index (κ2) is 4.19. The summed E-state index contributed by atoms with van der Waals surface area (Å²) in [6, 6.07) is 0. The smallest absolute Gasteiger partial charge is 0.0564 e. The van der Waals surface area contributed by atoms with Crippen molar-refractivity contribution < 1.29 is 9.47 Å². The Morgan fingerprint density at radius 3 is 2.35 bits per heavy atom. The second-order valence-corrected chi connectivity index (χ2v) is 6.23. The zero-order valence-electron chi connectivity index (χ0n) is 10.8. The average molecular weight is 240 g/mol. The van der Waals surface area contributed by atoms with Crippen LogP contribution in [0.15, 0.2) is 0 Å². The lowest BCUT2D eigenvalue weighted by Crippen LogP contribution is -2.70. The Bertz CT molecular complexity index is 282. The van der Waals surface area contributed by atoms with Gasteiger partial charge in [-0.15, -0.1) is 0 Å². The van der Waals surface area contributed by atoms with Gasteiger partial charge < -0.3 is 20.1 Å². The molecule has 0 bridgehead atoms. The summed E-state index contributed by atoms with van der Waals surface area (Å²) in [5.74, 6) is 0.738. The highest BCUT2D eigenvalue weighted by molar-refractivity contribution is 5.10. The number of piperidine rings is 1. The summed E-state index contributed by atoms with van der Waals surface area (Å²) >= 11 is 0. The molecule has 0 aromatic heterocycles. The topological polar surface area (TPSA) is 47.7 Å². The van der Waals surface area contributed by atoms with Crippen LogP contribution in [0, 0.1) is 16.7 Å². The molecule has 4 heteroatoms.